The van der Waals surface area contributed by atoms with E-state index in [4.69, 9.17) is 5.73 Å². The predicted octanol–water partition coefficient (Wildman–Crippen LogP) is -0.887. The second-order valence-electron chi connectivity index (χ2n) is 3.42. The van der Waals surface area contributed by atoms with Gasteiger partial charge in [-0.05, 0) is 33.6 Å². The maximum Gasteiger partial charge on any atom is 0.318 e. The minimum absolute atomic E-state index is 0.291. The van der Waals surface area contributed by atoms with Crippen molar-refractivity contribution in [3.8, 4) is 0 Å². The Balaban J connectivity index is 3.48. The molecule has 0 aliphatic rings. The lowest BCUT2D eigenvalue weighted by molar-refractivity contribution is -0.120. The summed E-state index contributed by atoms with van der Waals surface area (Å²) >= 11 is 0. The fourth-order valence-corrected chi connectivity index (χ4v) is 1.13. The lowest BCUT2D eigenvalue weighted by atomic mass is 10.3. The van der Waals surface area contributed by atoms with E-state index in [1.807, 2.05) is 24.3 Å². The molecule has 0 aromatic carbocycles. The van der Waals surface area contributed by atoms with E-state index < -0.39 is 6.03 Å². The van der Waals surface area contributed by atoms with Gasteiger partial charge in [-0.1, -0.05) is 0 Å². The van der Waals surface area contributed by atoms with Crippen LogP contribution >= 0.6 is 0 Å². The molecular weight excluding hydrogens is 196 g/mol. The Kier molecular flexibility index (Phi) is 7.57. The van der Waals surface area contributed by atoms with Crippen molar-refractivity contribution in [3.63, 3.8) is 0 Å². The summed E-state index contributed by atoms with van der Waals surface area (Å²) in [5, 5.41) is 5.07. The summed E-state index contributed by atoms with van der Waals surface area (Å²) in [6.45, 7) is 2.51. The normalized spacial score (nSPS) is 10.3. The molecule has 0 aliphatic carbocycles. The molecule has 4 N–H and O–H groups in total. The van der Waals surface area contributed by atoms with Crippen LogP contribution in [0.1, 0.15) is 12.8 Å². The third-order valence-electron chi connectivity index (χ3n) is 1.95. The third-order valence-corrected chi connectivity index (χ3v) is 1.95. The molecule has 0 aliphatic heterocycles. The van der Waals surface area contributed by atoms with Crippen LogP contribution in [0.4, 0.5) is 4.79 Å². The van der Waals surface area contributed by atoms with Gasteiger partial charge in [-0.3, -0.25) is 10.1 Å². The fourth-order valence-electron chi connectivity index (χ4n) is 1.13. The molecule has 0 saturated carbocycles. The van der Waals surface area contributed by atoms with E-state index in [1.165, 1.54) is 0 Å². The lowest BCUT2D eigenvalue weighted by Gasteiger charge is -2.15. The van der Waals surface area contributed by atoms with E-state index in [9.17, 15) is 9.59 Å². The summed E-state index contributed by atoms with van der Waals surface area (Å²) in [4.78, 5) is 23.4. The van der Waals surface area contributed by atoms with Crippen LogP contribution in [0, 0.1) is 0 Å². The van der Waals surface area contributed by atoms with E-state index in [0.717, 1.165) is 19.5 Å². The Hall–Kier alpha value is -1.14. The number of amides is 3. The molecule has 0 aromatic heterocycles. The van der Waals surface area contributed by atoms with Crippen molar-refractivity contribution in [1.29, 1.82) is 0 Å². The average Bonchev–Trinajstić information content (AvgIpc) is 2.14. The van der Waals surface area contributed by atoms with E-state index in [1.54, 1.807) is 0 Å². The van der Waals surface area contributed by atoms with Crippen LogP contribution in [0.25, 0.3) is 0 Å². The smallest absolute Gasteiger partial charge is 0.318 e. The van der Waals surface area contributed by atoms with Gasteiger partial charge in [0, 0.05) is 13.0 Å². The molecule has 6 nitrogen and oxygen atoms in total. The second kappa shape index (κ2) is 8.19. The molecule has 0 unspecified atom stereocenters. The number of hydrogen-bond acceptors (Lipinski definition) is 4. The summed E-state index contributed by atoms with van der Waals surface area (Å²) in [5.74, 6) is -0.331. The molecule has 88 valence electrons. The number of imide groups is 1. The van der Waals surface area contributed by atoms with Crippen molar-refractivity contribution in [1.82, 2.24) is 15.5 Å². The summed E-state index contributed by atoms with van der Waals surface area (Å²) in [6, 6.07) is -0.794. The highest BCUT2D eigenvalue weighted by atomic mass is 16.2. The third kappa shape index (κ3) is 9.17. The molecule has 0 aromatic rings. The Bertz CT molecular complexity index is 208. The van der Waals surface area contributed by atoms with Gasteiger partial charge in [0.05, 0.1) is 0 Å². The number of nitrogens with zero attached hydrogens (tertiary/aromatic N) is 1. The number of hydrogen-bond donors (Lipinski definition) is 3. The number of carbonyl (C=O) groups is 2. The molecule has 0 heterocycles. The van der Waals surface area contributed by atoms with Crippen LogP contribution in [0.5, 0.6) is 0 Å². The molecule has 15 heavy (non-hydrogen) atoms. The van der Waals surface area contributed by atoms with Gasteiger partial charge in [0.1, 0.15) is 0 Å². The van der Waals surface area contributed by atoms with Crippen molar-refractivity contribution in [2.24, 2.45) is 5.73 Å². The van der Waals surface area contributed by atoms with Crippen LogP contribution in [0.3, 0.4) is 0 Å². The molecule has 0 rings (SSSR count). The molecule has 0 fully saturated rings. The van der Waals surface area contributed by atoms with E-state index in [-0.39, 0.29) is 5.91 Å². The molecule has 0 spiro atoms. The van der Waals surface area contributed by atoms with Crippen LogP contribution in [0.15, 0.2) is 0 Å². The van der Waals surface area contributed by atoms with E-state index >= 15 is 0 Å². The molecule has 0 saturated heterocycles. The lowest BCUT2D eigenvalue weighted by Crippen LogP contribution is -2.37. The average molecular weight is 216 g/mol. The fraction of sp³-hybridized carbons (Fsp3) is 0.778. The van der Waals surface area contributed by atoms with Gasteiger partial charge in [0.2, 0.25) is 5.91 Å². The van der Waals surface area contributed by atoms with Gasteiger partial charge in [-0.2, -0.15) is 0 Å². The van der Waals surface area contributed by atoms with Gasteiger partial charge in [-0.25, -0.2) is 4.79 Å². The molecule has 6 heteroatoms. The SMILES string of the molecule is CNCCCN(C)CCC(=O)NC(N)=O. The number of rotatable bonds is 7. The Labute approximate surface area is 90.2 Å². The minimum atomic E-state index is -0.794. The van der Waals surface area contributed by atoms with Gasteiger partial charge in [-0.15, -0.1) is 0 Å². The quantitative estimate of drug-likeness (QED) is 0.482. The number of nitrogens with one attached hydrogen (secondary N) is 2. The van der Waals surface area contributed by atoms with E-state index in [0.29, 0.717) is 13.0 Å². The molecule has 0 radical (unpaired) electrons. The Morgan fingerprint density at radius 2 is 2.00 bits per heavy atom. The highest BCUT2D eigenvalue weighted by Gasteiger charge is 2.05. The Morgan fingerprint density at radius 1 is 1.33 bits per heavy atom. The van der Waals surface area contributed by atoms with Crippen molar-refractivity contribution in [2.75, 3.05) is 33.7 Å². The number of urea groups is 1. The van der Waals surface area contributed by atoms with Crippen molar-refractivity contribution in [3.05, 3.63) is 0 Å². The maximum absolute atomic E-state index is 11.0. The molecule has 0 bridgehead atoms. The van der Waals surface area contributed by atoms with Crippen molar-refractivity contribution >= 4 is 11.9 Å². The van der Waals surface area contributed by atoms with Crippen LogP contribution in [-0.4, -0.2) is 50.6 Å². The number of primary amides is 1. The highest BCUT2D eigenvalue weighted by Crippen LogP contribution is 1.89. The minimum Gasteiger partial charge on any atom is -0.351 e. The first kappa shape index (κ1) is 13.9. The summed E-state index contributed by atoms with van der Waals surface area (Å²) in [7, 11) is 3.84. The second-order valence-corrected chi connectivity index (χ2v) is 3.42. The Morgan fingerprint density at radius 3 is 2.53 bits per heavy atom. The largest absolute Gasteiger partial charge is 0.351 e. The molecule has 3 amide bonds. The van der Waals surface area contributed by atoms with Gasteiger partial charge in [0.25, 0.3) is 0 Å². The zero-order valence-corrected chi connectivity index (χ0v) is 9.38. The van der Waals surface area contributed by atoms with Gasteiger partial charge < -0.3 is 16.0 Å². The number of nitrogens with two attached hydrogens (primary N) is 1. The van der Waals surface area contributed by atoms with Gasteiger partial charge >= 0.3 is 6.03 Å². The van der Waals surface area contributed by atoms with E-state index in [2.05, 4.69) is 5.32 Å². The van der Waals surface area contributed by atoms with Crippen molar-refractivity contribution < 1.29 is 9.59 Å². The maximum atomic E-state index is 11.0. The standard InChI is InChI=1S/C9H20N4O2/c1-11-5-3-6-13(2)7-4-8(14)12-9(10)15/h11H,3-7H2,1-2H3,(H3,10,12,14,15). The van der Waals surface area contributed by atoms with Crippen molar-refractivity contribution in [2.45, 2.75) is 12.8 Å². The summed E-state index contributed by atoms with van der Waals surface area (Å²) in [5.41, 5.74) is 4.81. The summed E-state index contributed by atoms with van der Waals surface area (Å²) < 4.78 is 0. The first-order valence-corrected chi connectivity index (χ1v) is 4.98. The van der Waals surface area contributed by atoms with Crippen LogP contribution in [0.2, 0.25) is 0 Å². The molecular formula is C9H20N4O2. The first-order valence-electron chi connectivity index (χ1n) is 4.98. The molecule has 0 atom stereocenters. The predicted molar refractivity (Wildman–Crippen MR) is 58.4 cm³/mol. The highest BCUT2D eigenvalue weighted by molar-refractivity contribution is 5.93. The van der Waals surface area contributed by atoms with Crippen LogP contribution < -0.4 is 16.4 Å². The zero-order valence-electron chi connectivity index (χ0n) is 9.38. The number of carbonyl (C=O) groups excluding carboxylic acids is 2. The topological polar surface area (TPSA) is 87.5 Å². The monoisotopic (exact) mass is 216 g/mol. The zero-order chi connectivity index (χ0) is 11.7. The summed E-state index contributed by atoms with van der Waals surface area (Å²) in [6.07, 6.45) is 1.32. The first-order chi connectivity index (χ1) is 7.06. The van der Waals surface area contributed by atoms with Crippen LogP contribution in [-0.2, 0) is 4.79 Å². The van der Waals surface area contributed by atoms with Gasteiger partial charge in [0.15, 0.2) is 0 Å².